The summed E-state index contributed by atoms with van der Waals surface area (Å²) >= 11 is 0. The molecule has 1 aromatic rings. The Kier molecular flexibility index (Phi) is 2.87. The summed E-state index contributed by atoms with van der Waals surface area (Å²) in [4.78, 5) is 0. The molecule has 0 saturated heterocycles. The number of hydrogen-bond donors (Lipinski definition) is 2. The van der Waals surface area contributed by atoms with Crippen molar-refractivity contribution in [2.24, 2.45) is 5.73 Å². The van der Waals surface area contributed by atoms with Crippen LogP contribution in [0.1, 0.15) is 12.5 Å². The molecule has 4 nitrogen and oxygen atoms in total. The molecule has 5 heteroatoms. The van der Waals surface area contributed by atoms with Crippen LogP contribution in [-0.2, 0) is 6.42 Å². The Balaban J connectivity index is 2.44. The molecule has 1 atom stereocenters. The SMILES string of the molecule is CC(N)Cc1cc2c(c(F)c1O)OCCO2. The minimum atomic E-state index is -0.771. The van der Waals surface area contributed by atoms with E-state index in [1.165, 1.54) is 0 Å². The second kappa shape index (κ2) is 4.17. The molecule has 0 bridgehead atoms. The van der Waals surface area contributed by atoms with E-state index in [1.54, 1.807) is 13.0 Å². The number of phenols is 1. The van der Waals surface area contributed by atoms with Crippen LogP contribution in [0.4, 0.5) is 4.39 Å². The lowest BCUT2D eigenvalue weighted by Gasteiger charge is -2.21. The van der Waals surface area contributed by atoms with E-state index in [0.717, 1.165) is 0 Å². The van der Waals surface area contributed by atoms with E-state index in [1.807, 2.05) is 0 Å². The molecule has 0 radical (unpaired) electrons. The molecule has 0 aliphatic carbocycles. The summed E-state index contributed by atoms with van der Waals surface area (Å²) in [6, 6.07) is 1.42. The first kappa shape index (κ1) is 11.0. The highest BCUT2D eigenvalue weighted by Gasteiger charge is 2.23. The van der Waals surface area contributed by atoms with Gasteiger partial charge in [0, 0.05) is 11.6 Å². The van der Waals surface area contributed by atoms with Gasteiger partial charge in [-0.2, -0.15) is 4.39 Å². The molecule has 1 aliphatic rings. The average Bonchev–Trinajstić information content (AvgIpc) is 2.25. The van der Waals surface area contributed by atoms with Crippen LogP contribution >= 0.6 is 0 Å². The fraction of sp³-hybridized carbons (Fsp3) is 0.455. The van der Waals surface area contributed by atoms with Crippen LogP contribution in [0.3, 0.4) is 0 Å². The Morgan fingerprint density at radius 3 is 2.88 bits per heavy atom. The second-order valence-corrected chi connectivity index (χ2v) is 3.90. The van der Waals surface area contributed by atoms with Crippen molar-refractivity contribution in [1.82, 2.24) is 0 Å². The van der Waals surface area contributed by atoms with Gasteiger partial charge in [-0.25, -0.2) is 0 Å². The summed E-state index contributed by atoms with van der Waals surface area (Å²) < 4.78 is 24.1. The van der Waals surface area contributed by atoms with Crippen LogP contribution < -0.4 is 15.2 Å². The van der Waals surface area contributed by atoms with Crippen LogP contribution in [0.15, 0.2) is 6.07 Å². The molecule has 1 unspecified atom stereocenters. The first-order valence-corrected chi connectivity index (χ1v) is 5.15. The van der Waals surface area contributed by atoms with Gasteiger partial charge in [-0.05, 0) is 19.4 Å². The van der Waals surface area contributed by atoms with Crippen molar-refractivity contribution in [3.63, 3.8) is 0 Å². The summed E-state index contributed by atoms with van der Waals surface area (Å²) in [5.74, 6) is -0.858. The number of rotatable bonds is 2. The summed E-state index contributed by atoms with van der Waals surface area (Å²) in [5.41, 5.74) is 6.06. The number of hydrogen-bond acceptors (Lipinski definition) is 4. The number of ether oxygens (including phenoxy) is 2. The Morgan fingerprint density at radius 1 is 1.50 bits per heavy atom. The van der Waals surface area contributed by atoms with Crippen molar-refractivity contribution in [3.8, 4) is 17.2 Å². The highest BCUT2D eigenvalue weighted by Crippen LogP contribution is 2.40. The minimum absolute atomic E-state index is 0.0165. The van der Waals surface area contributed by atoms with Crippen LogP contribution in [0.25, 0.3) is 0 Å². The van der Waals surface area contributed by atoms with E-state index in [0.29, 0.717) is 24.3 Å². The van der Waals surface area contributed by atoms with Crippen molar-refractivity contribution < 1.29 is 19.0 Å². The Hall–Kier alpha value is -1.49. The normalized spacial score (nSPS) is 15.9. The molecule has 0 aromatic heterocycles. The second-order valence-electron chi connectivity index (χ2n) is 3.90. The molecule has 0 spiro atoms. The van der Waals surface area contributed by atoms with Crippen molar-refractivity contribution in [1.29, 1.82) is 0 Å². The van der Waals surface area contributed by atoms with Gasteiger partial charge in [-0.3, -0.25) is 0 Å². The van der Waals surface area contributed by atoms with E-state index < -0.39 is 11.6 Å². The number of nitrogens with two attached hydrogens (primary N) is 1. The largest absolute Gasteiger partial charge is 0.505 e. The molecule has 0 fully saturated rings. The highest BCUT2D eigenvalue weighted by molar-refractivity contribution is 5.52. The topological polar surface area (TPSA) is 64.7 Å². The number of halogens is 1. The van der Waals surface area contributed by atoms with Crippen LogP contribution in [0.2, 0.25) is 0 Å². The number of fused-ring (bicyclic) bond motifs is 1. The molecule has 3 N–H and O–H groups in total. The fourth-order valence-electron chi connectivity index (χ4n) is 1.69. The smallest absolute Gasteiger partial charge is 0.210 e. The molecular weight excluding hydrogens is 213 g/mol. The maximum atomic E-state index is 13.7. The third-order valence-electron chi connectivity index (χ3n) is 2.37. The molecule has 16 heavy (non-hydrogen) atoms. The standard InChI is InChI=1S/C11H14FNO3/c1-6(13)4-7-5-8-11(9(12)10(7)14)16-3-2-15-8/h5-6,14H,2-4,13H2,1H3. The lowest BCUT2D eigenvalue weighted by atomic mass is 10.0. The Bertz CT molecular complexity index is 407. The lowest BCUT2D eigenvalue weighted by molar-refractivity contribution is 0.162. The van der Waals surface area contributed by atoms with Crippen LogP contribution in [0, 0.1) is 5.82 Å². The molecule has 0 amide bonds. The van der Waals surface area contributed by atoms with Gasteiger partial charge in [0.15, 0.2) is 11.5 Å². The zero-order chi connectivity index (χ0) is 11.7. The van der Waals surface area contributed by atoms with Gasteiger partial charge in [0.2, 0.25) is 11.6 Å². The van der Waals surface area contributed by atoms with E-state index >= 15 is 0 Å². The summed E-state index contributed by atoms with van der Waals surface area (Å²) in [7, 11) is 0. The number of phenolic OH excluding ortho intramolecular Hbond substituents is 1. The number of aromatic hydroxyl groups is 1. The molecule has 1 aliphatic heterocycles. The monoisotopic (exact) mass is 227 g/mol. The maximum absolute atomic E-state index is 13.7. The highest BCUT2D eigenvalue weighted by atomic mass is 19.1. The Labute approximate surface area is 92.8 Å². The van der Waals surface area contributed by atoms with E-state index in [9.17, 15) is 9.50 Å². The van der Waals surface area contributed by atoms with Gasteiger partial charge in [-0.15, -0.1) is 0 Å². The van der Waals surface area contributed by atoms with Crippen LogP contribution in [-0.4, -0.2) is 24.4 Å². The zero-order valence-corrected chi connectivity index (χ0v) is 9.00. The summed E-state index contributed by atoms with van der Waals surface area (Å²) in [6.45, 7) is 2.46. The van der Waals surface area contributed by atoms with E-state index in [2.05, 4.69) is 0 Å². The first-order chi connectivity index (χ1) is 7.59. The van der Waals surface area contributed by atoms with Gasteiger partial charge in [0.05, 0.1) is 0 Å². The third-order valence-corrected chi connectivity index (χ3v) is 2.37. The molecule has 88 valence electrons. The molecule has 1 aromatic carbocycles. The van der Waals surface area contributed by atoms with Crippen molar-refractivity contribution in [2.75, 3.05) is 13.2 Å². The molecule has 2 rings (SSSR count). The zero-order valence-electron chi connectivity index (χ0n) is 9.00. The van der Waals surface area contributed by atoms with Crippen molar-refractivity contribution in [3.05, 3.63) is 17.4 Å². The summed E-state index contributed by atoms with van der Waals surface area (Å²) in [5, 5.41) is 9.64. The van der Waals surface area contributed by atoms with Crippen molar-refractivity contribution >= 4 is 0 Å². The number of benzene rings is 1. The van der Waals surface area contributed by atoms with E-state index in [-0.39, 0.29) is 18.4 Å². The van der Waals surface area contributed by atoms with Crippen LogP contribution in [0.5, 0.6) is 17.2 Å². The van der Waals surface area contributed by atoms with Gasteiger partial charge in [-0.1, -0.05) is 0 Å². The van der Waals surface area contributed by atoms with Gasteiger partial charge in [0.1, 0.15) is 13.2 Å². The lowest BCUT2D eigenvalue weighted by Crippen LogP contribution is -2.20. The summed E-state index contributed by atoms with van der Waals surface area (Å²) in [6.07, 6.45) is 0.388. The third kappa shape index (κ3) is 1.90. The van der Waals surface area contributed by atoms with Crippen molar-refractivity contribution in [2.45, 2.75) is 19.4 Å². The predicted octanol–water partition coefficient (Wildman–Crippen LogP) is 1.19. The van der Waals surface area contributed by atoms with Gasteiger partial charge in [0.25, 0.3) is 0 Å². The quantitative estimate of drug-likeness (QED) is 0.796. The van der Waals surface area contributed by atoms with E-state index in [4.69, 9.17) is 15.2 Å². The molecule has 0 saturated carbocycles. The van der Waals surface area contributed by atoms with Gasteiger partial charge < -0.3 is 20.3 Å². The Morgan fingerprint density at radius 2 is 2.19 bits per heavy atom. The first-order valence-electron chi connectivity index (χ1n) is 5.15. The maximum Gasteiger partial charge on any atom is 0.210 e. The van der Waals surface area contributed by atoms with Gasteiger partial charge >= 0.3 is 0 Å². The average molecular weight is 227 g/mol. The molecule has 1 heterocycles. The fourth-order valence-corrected chi connectivity index (χ4v) is 1.69. The minimum Gasteiger partial charge on any atom is -0.505 e. The molecular formula is C11H14FNO3. The predicted molar refractivity (Wildman–Crippen MR) is 56.4 cm³/mol.